The zero-order valence-corrected chi connectivity index (χ0v) is 18.1. The minimum Gasteiger partial charge on any atom is -0.493 e. The van der Waals surface area contributed by atoms with Gasteiger partial charge in [-0.15, -0.1) is 0 Å². The van der Waals surface area contributed by atoms with Gasteiger partial charge in [-0.25, -0.2) is 0 Å². The third kappa shape index (κ3) is 6.07. The van der Waals surface area contributed by atoms with E-state index in [-0.39, 0.29) is 12.5 Å². The molecule has 1 aliphatic heterocycles. The molecule has 0 bridgehead atoms. The lowest BCUT2D eigenvalue weighted by Crippen LogP contribution is -2.13. The standard InChI is InChI=1S/C27H33NO3/c29-19-4-7-26(21-5-2-1-3-6-21)27(22-8-12-24(30)13-9-22)23-10-14-25(15-11-23)31-20-18-28-16-17-28/h1-3,5-6,8-10,12,14-15,23-24,29-30H,4,7,11,13,16-20H2/b27-26-. The molecule has 0 radical (unpaired) electrons. The Kier molecular flexibility index (Phi) is 7.57. The number of aliphatic hydroxyl groups excluding tert-OH is 2. The van der Waals surface area contributed by atoms with Crippen molar-refractivity contribution in [1.82, 2.24) is 4.90 Å². The van der Waals surface area contributed by atoms with E-state index in [0.717, 1.165) is 38.2 Å². The molecule has 1 fully saturated rings. The van der Waals surface area contributed by atoms with Gasteiger partial charge in [0.05, 0.1) is 6.10 Å². The van der Waals surface area contributed by atoms with Crippen molar-refractivity contribution in [2.45, 2.75) is 31.8 Å². The molecule has 4 nitrogen and oxygen atoms in total. The van der Waals surface area contributed by atoms with Crippen molar-refractivity contribution in [1.29, 1.82) is 0 Å². The highest BCUT2D eigenvalue weighted by Gasteiger charge is 2.23. The number of ether oxygens (including phenoxy) is 1. The number of aliphatic hydroxyl groups is 2. The summed E-state index contributed by atoms with van der Waals surface area (Å²) >= 11 is 0. The second kappa shape index (κ2) is 10.8. The van der Waals surface area contributed by atoms with Crippen LogP contribution in [-0.4, -0.2) is 54.1 Å². The topological polar surface area (TPSA) is 52.7 Å². The average molecular weight is 420 g/mol. The van der Waals surface area contributed by atoms with Crippen LogP contribution < -0.4 is 0 Å². The van der Waals surface area contributed by atoms with Crippen LogP contribution in [0.5, 0.6) is 0 Å². The summed E-state index contributed by atoms with van der Waals surface area (Å²) in [7, 11) is 0. The third-order valence-electron chi connectivity index (χ3n) is 6.07. The van der Waals surface area contributed by atoms with E-state index in [4.69, 9.17) is 4.74 Å². The van der Waals surface area contributed by atoms with Gasteiger partial charge >= 0.3 is 0 Å². The summed E-state index contributed by atoms with van der Waals surface area (Å²) in [5.74, 6) is 1.19. The minimum atomic E-state index is -0.411. The predicted molar refractivity (Wildman–Crippen MR) is 125 cm³/mol. The lowest BCUT2D eigenvalue weighted by atomic mass is 9.79. The van der Waals surface area contributed by atoms with Crippen LogP contribution >= 0.6 is 0 Å². The monoisotopic (exact) mass is 419 g/mol. The molecule has 4 heteroatoms. The summed E-state index contributed by atoms with van der Waals surface area (Å²) in [5, 5.41) is 19.5. The smallest absolute Gasteiger partial charge is 0.115 e. The number of hydrogen-bond donors (Lipinski definition) is 2. The van der Waals surface area contributed by atoms with Crippen LogP contribution in [0.3, 0.4) is 0 Å². The van der Waals surface area contributed by atoms with Crippen molar-refractivity contribution < 1.29 is 14.9 Å². The molecule has 1 saturated heterocycles. The lowest BCUT2D eigenvalue weighted by molar-refractivity contribution is 0.207. The van der Waals surface area contributed by atoms with E-state index in [0.29, 0.717) is 6.42 Å². The summed E-state index contributed by atoms with van der Waals surface area (Å²) in [6.45, 7) is 4.30. The highest BCUT2D eigenvalue weighted by molar-refractivity contribution is 5.75. The highest BCUT2D eigenvalue weighted by Crippen LogP contribution is 2.38. The Morgan fingerprint density at radius 1 is 1.03 bits per heavy atom. The molecule has 2 N–H and O–H groups in total. The van der Waals surface area contributed by atoms with E-state index < -0.39 is 6.10 Å². The Bertz CT molecular complexity index is 890. The van der Waals surface area contributed by atoms with Crippen molar-refractivity contribution >= 4 is 5.57 Å². The number of benzene rings is 1. The fourth-order valence-electron chi connectivity index (χ4n) is 4.26. The molecule has 0 saturated carbocycles. The number of hydrogen-bond acceptors (Lipinski definition) is 4. The first-order valence-electron chi connectivity index (χ1n) is 11.4. The van der Waals surface area contributed by atoms with Gasteiger partial charge in [-0.2, -0.15) is 0 Å². The maximum absolute atomic E-state index is 9.95. The Labute approximate surface area is 185 Å². The van der Waals surface area contributed by atoms with Crippen molar-refractivity contribution in [3.8, 4) is 0 Å². The van der Waals surface area contributed by atoms with Gasteiger partial charge in [0, 0.05) is 32.2 Å². The van der Waals surface area contributed by atoms with E-state index >= 15 is 0 Å². The van der Waals surface area contributed by atoms with Crippen molar-refractivity contribution in [3.05, 3.63) is 89.3 Å². The molecule has 31 heavy (non-hydrogen) atoms. The Morgan fingerprint density at radius 2 is 1.87 bits per heavy atom. The lowest BCUT2D eigenvalue weighted by Gasteiger charge is -2.26. The van der Waals surface area contributed by atoms with E-state index in [9.17, 15) is 10.2 Å². The van der Waals surface area contributed by atoms with E-state index in [1.807, 2.05) is 12.1 Å². The summed E-state index contributed by atoms with van der Waals surface area (Å²) in [4.78, 5) is 2.36. The van der Waals surface area contributed by atoms with Crippen LogP contribution in [0.2, 0.25) is 0 Å². The van der Waals surface area contributed by atoms with Gasteiger partial charge in [-0.3, -0.25) is 4.90 Å². The second-order valence-corrected chi connectivity index (χ2v) is 8.40. The molecule has 3 aliphatic rings. The predicted octanol–water partition coefficient (Wildman–Crippen LogP) is 4.25. The van der Waals surface area contributed by atoms with Crippen LogP contribution in [-0.2, 0) is 4.74 Å². The fourth-order valence-corrected chi connectivity index (χ4v) is 4.26. The minimum absolute atomic E-state index is 0.173. The molecule has 0 amide bonds. The van der Waals surface area contributed by atoms with Crippen molar-refractivity contribution in [2.75, 3.05) is 32.8 Å². The summed E-state index contributed by atoms with van der Waals surface area (Å²) in [6, 6.07) is 10.5. The van der Waals surface area contributed by atoms with Gasteiger partial charge in [0.15, 0.2) is 0 Å². The van der Waals surface area contributed by atoms with Gasteiger partial charge in [0.2, 0.25) is 0 Å². The van der Waals surface area contributed by atoms with Gasteiger partial charge in [0.25, 0.3) is 0 Å². The first kappa shape index (κ1) is 21.8. The van der Waals surface area contributed by atoms with Gasteiger partial charge in [-0.05, 0) is 60.1 Å². The van der Waals surface area contributed by atoms with Crippen LogP contribution in [0.4, 0.5) is 0 Å². The van der Waals surface area contributed by atoms with Crippen LogP contribution in [0.15, 0.2) is 83.7 Å². The molecule has 2 unspecified atom stereocenters. The summed E-state index contributed by atoms with van der Waals surface area (Å²) in [6.07, 6.45) is 15.3. The molecular weight excluding hydrogens is 386 g/mol. The number of allylic oxidation sites excluding steroid dienone is 7. The molecular formula is C27H33NO3. The Hall–Kier alpha value is -2.40. The maximum Gasteiger partial charge on any atom is 0.115 e. The molecule has 2 atom stereocenters. The van der Waals surface area contributed by atoms with Crippen molar-refractivity contribution in [2.24, 2.45) is 5.92 Å². The van der Waals surface area contributed by atoms with Crippen LogP contribution in [0, 0.1) is 5.92 Å². The largest absolute Gasteiger partial charge is 0.493 e. The molecule has 164 valence electrons. The van der Waals surface area contributed by atoms with E-state index in [1.54, 1.807) is 0 Å². The van der Waals surface area contributed by atoms with Gasteiger partial charge < -0.3 is 14.9 Å². The van der Waals surface area contributed by atoms with E-state index in [1.165, 1.54) is 35.4 Å². The zero-order chi connectivity index (χ0) is 21.5. The normalized spacial score (nSPS) is 23.8. The van der Waals surface area contributed by atoms with Crippen molar-refractivity contribution in [3.63, 3.8) is 0 Å². The molecule has 0 aromatic heterocycles. The number of rotatable bonds is 10. The molecule has 1 heterocycles. The van der Waals surface area contributed by atoms with Crippen LogP contribution in [0.1, 0.15) is 31.2 Å². The van der Waals surface area contributed by atoms with E-state index in [2.05, 4.69) is 59.5 Å². The molecule has 1 aromatic carbocycles. The fraction of sp³-hybridized carbons (Fsp3) is 0.407. The molecule has 4 rings (SSSR count). The second-order valence-electron chi connectivity index (χ2n) is 8.40. The molecule has 0 spiro atoms. The summed E-state index contributed by atoms with van der Waals surface area (Å²) < 4.78 is 5.95. The summed E-state index contributed by atoms with van der Waals surface area (Å²) in [5.41, 5.74) is 4.94. The zero-order valence-electron chi connectivity index (χ0n) is 18.1. The third-order valence-corrected chi connectivity index (χ3v) is 6.07. The molecule has 2 aliphatic carbocycles. The molecule has 1 aromatic rings. The highest BCUT2D eigenvalue weighted by atomic mass is 16.5. The first-order valence-corrected chi connectivity index (χ1v) is 11.4. The van der Waals surface area contributed by atoms with Gasteiger partial charge in [-0.1, -0.05) is 54.6 Å². The van der Waals surface area contributed by atoms with Gasteiger partial charge in [0.1, 0.15) is 12.4 Å². The maximum atomic E-state index is 9.95. The Balaban J connectivity index is 1.61. The SMILES string of the molecule is OCCC/C(=C(\C1=CCC(O)C=C1)C1C=CC(OCCN2CC2)=CC1)c1ccccc1. The Morgan fingerprint density at radius 3 is 2.52 bits per heavy atom. The quantitative estimate of drug-likeness (QED) is 0.557. The first-order chi connectivity index (χ1) is 15.2. The average Bonchev–Trinajstić information content (AvgIpc) is 3.63. The van der Waals surface area contributed by atoms with Crippen LogP contribution in [0.25, 0.3) is 5.57 Å². The number of nitrogens with zero attached hydrogens (tertiary/aromatic N) is 1.